The van der Waals surface area contributed by atoms with Gasteiger partial charge in [0.1, 0.15) is 11.5 Å². The number of nitrogens with zero attached hydrogens (tertiary/aromatic N) is 5. The summed E-state index contributed by atoms with van der Waals surface area (Å²) in [5.74, 6) is -0.814. The van der Waals surface area contributed by atoms with Gasteiger partial charge in [0.05, 0.1) is 12.1 Å². The third-order valence-corrected chi connectivity index (χ3v) is 4.95. The van der Waals surface area contributed by atoms with E-state index >= 15 is 0 Å². The molecule has 3 aromatic rings. The van der Waals surface area contributed by atoms with Crippen molar-refractivity contribution in [3.8, 4) is 0 Å². The van der Waals surface area contributed by atoms with E-state index in [9.17, 15) is 22.4 Å². The second-order valence-corrected chi connectivity index (χ2v) is 7.78. The summed E-state index contributed by atoms with van der Waals surface area (Å²) in [4.78, 5) is 20.5. The van der Waals surface area contributed by atoms with Crippen molar-refractivity contribution < 1.29 is 22.4 Å². The lowest BCUT2D eigenvalue weighted by atomic mass is 10.1. The normalized spacial score (nSPS) is 11.6. The highest BCUT2D eigenvalue weighted by atomic mass is 35.5. The second-order valence-electron chi connectivity index (χ2n) is 7.42. The number of aryl methyl sites for hydroxylation is 1. The van der Waals surface area contributed by atoms with Gasteiger partial charge >= 0.3 is 6.18 Å². The highest BCUT2D eigenvalue weighted by Crippen LogP contribution is 2.30. The third kappa shape index (κ3) is 6.89. The summed E-state index contributed by atoms with van der Waals surface area (Å²) >= 11 is 5.87. The average Bonchev–Trinajstić information content (AvgIpc) is 3.38. The fourth-order valence-corrected chi connectivity index (χ4v) is 3.19. The van der Waals surface area contributed by atoms with Crippen molar-refractivity contribution in [3.05, 3.63) is 51.9 Å². The maximum Gasteiger partial charge on any atom is 0.416 e. The number of tetrazole rings is 1. The van der Waals surface area contributed by atoms with Crippen LogP contribution >= 0.6 is 11.6 Å². The van der Waals surface area contributed by atoms with E-state index in [-0.39, 0.29) is 34.7 Å². The van der Waals surface area contributed by atoms with Crippen molar-refractivity contribution in [1.82, 2.24) is 35.5 Å². The third-order valence-electron chi connectivity index (χ3n) is 4.77. The van der Waals surface area contributed by atoms with E-state index in [0.29, 0.717) is 37.9 Å². The number of nitrogens with one attached hydrogen (secondary N) is 3. The fraction of sp³-hybridized carbons (Fsp3) is 0.450. The molecule has 3 rings (SSSR count). The lowest BCUT2D eigenvalue weighted by molar-refractivity contribution is -0.137. The van der Waals surface area contributed by atoms with Gasteiger partial charge in [0.25, 0.3) is 5.91 Å². The molecule has 2 heterocycles. The predicted octanol–water partition coefficient (Wildman–Crippen LogP) is 3.83. The summed E-state index contributed by atoms with van der Waals surface area (Å²) in [5.41, 5.74) is -0.795. The van der Waals surface area contributed by atoms with Crippen LogP contribution in [0.2, 0.25) is 5.28 Å². The van der Waals surface area contributed by atoms with Crippen molar-refractivity contribution in [2.75, 3.05) is 18.4 Å². The van der Waals surface area contributed by atoms with Gasteiger partial charge in [-0.2, -0.15) is 18.0 Å². The summed E-state index contributed by atoms with van der Waals surface area (Å²) in [6.07, 6.45) is -2.34. The highest BCUT2D eigenvalue weighted by Gasteiger charge is 2.31. The first-order valence-corrected chi connectivity index (χ1v) is 10.9. The summed E-state index contributed by atoms with van der Waals surface area (Å²) in [5, 5.41) is 17.7. The minimum atomic E-state index is -4.62. The number of imidazole rings is 1. The quantitative estimate of drug-likeness (QED) is 0.271. The monoisotopic (exact) mass is 502 g/mol. The largest absolute Gasteiger partial charge is 0.416 e. The molecule has 0 aliphatic heterocycles. The number of carbonyl (C=O) groups is 1. The number of hydrogen-bond acceptors (Lipinski definition) is 6. The van der Waals surface area contributed by atoms with Crippen molar-refractivity contribution in [1.29, 1.82) is 0 Å². The number of alkyl halides is 3. The number of aromatic amines is 1. The zero-order valence-electron chi connectivity index (χ0n) is 18.2. The van der Waals surface area contributed by atoms with Crippen LogP contribution in [0.4, 0.5) is 23.4 Å². The molecule has 0 radical (unpaired) electrons. The second kappa shape index (κ2) is 11.3. The van der Waals surface area contributed by atoms with Gasteiger partial charge in [-0.1, -0.05) is 19.4 Å². The Morgan fingerprint density at radius 2 is 2.03 bits per heavy atom. The van der Waals surface area contributed by atoms with Gasteiger partial charge in [0.2, 0.25) is 5.28 Å². The van der Waals surface area contributed by atoms with Crippen LogP contribution in [0.1, 0.15) is 53.6 Å². The predicted molar refractivity (Wildman–Crippen MR) is 116 cm³/mol. The molecule has 0 saturated carbocycles. The van der Waals surface area contributed by atoms with E-state index < -0.39 is 17.6 Å². The molecule has 0 atom stereocenters. The first-order valence-electron chi connectivity index (χ1n) is 10.6. The van der Waals surface area contributed by atoms with Crippen LogP contribution in [-0.2, 0) is 19.1 Å². The SMILES string of the molecule is CCCCNc1nc(Cl)[nH]c1C(=O)NCCCn1nnc(Cc2ccc(C(F)(F)F)cc2F)n1. The van der Waals surface area contributed by atoms with E-state index in [1.807, 2.05) is 6.92 Å². The van der Waals surface area contributed by atoms with E-state index in [1.165, 1.54) is 4.80 Å². The molecule has 14 heteroatoms. The van der Waals surface area contributed by atoms with Gasteiger partial charge in [-0.15, -0.1) is 10.2 Å². The Bertz CT molecular complexity index is 1110. The van der Waals surface area contributed by atoms with Gasteiger partial charge in [-0.05, 0) is 47.4 Å². The average molecular weight is 503 g/mol. The number of unbranched alkanes of at least 4 members (excludes halogenated alkanes) is 1. The zero-order valence-corrected chi connectivity index (χ0v) is 19.0. The Labute approximate surface area is 197 Å². The molecular weight excluding hydrogens is 480 g/mol. The summed E-state index contributed by atoms with van der Waals surface area (Å²) in [7, 11) is 0. The number of rotatable bonds is 11. The fourth-order valence-electron chi connectivity index (χ4n) is 3.01. The summed E-state index contributed by atoms with van der Waals surface area (Å²) in [6, 6.07) is 2.31. The molecular formula is C20H23ClF4N8O. The van der Waals surface area contributed by atoms with Crippen molar-refractivity contribution in [2.45, 2.75) is 45.3 Å². The van der Waals surface area contributed by atoms with E-state index in [4.69, 9.17) is 11.6 Å². The standard InChI is InChI=1S/C20H23ClF4N8O/c1-2-3-7-26-17-16(28-19(21)29-17)18(34)27-8-4-9-33-31-15(30-32-33)10-12-5-6-13(11-14(12)22)20(23,24)25/h5-6,11,26H,2-4,7-10H2,1H3,(H,27,34)(H,28,29). The number of amides is 1. The zero-order chi connectivity index (χ0) is 24.7. The molecule has 2 aromatic heterocycles. The molecule has 0 aliphatic carbocycles. The van der Waals surface area contributed by atoms with Crippen LogP contribution in [0, 0.1) is 5.82 Å². The van der Waals surface area contributed by atoms with Crippen molar-refractivity contribution >= 4 is 23.3 Å². The molecule has 0 aliphatic rings. The Balaban J connectivity index is 1.47. The molecule has 0 spiro atoms. The first kappa shape index (κ1) is 25.4. The first-order chi connectivity index (χ1) is 16.2. The maximum absolute atomic E-state index is 14.0. The van der Waals surface area contributed by atoms with Gasteiger partial charge in [-0.25, -0.2) is 9.37 Å². The maximum atomic E-state index is 14.0. The molecule has 34 heavy (non-hydrogen) atoms. The molecule has 3 N–H and O–H groups in total. The van der Waals surface area contributed by atoms with Crippen LogP contribution in [-0.4, -0.2) is 49.2 Å². The molecule has 0 unspecified atom stereocenters. The molecule has 1 aromatic carbocycles. The van der Waals surface area contributed by atoms with Crippen LogP contribution in [0.25, 0.3) is 0 Å². The number of H-pyrrole nitrogens is 1. The smallest absolute Gasteiger partial charge is 0.368 e. The summed E-state index contributed by atoms with van der Waals surface area (Å²) in [6.45, 7) is 3.32. The van der Waals surface area contributed by atoms with Crippen LogP contribution in [0.5, 0.6) is 0 Å². The molecule has 0 saturated heterocycles. The van der Waals surface area contributed by atoms with Crippen LogP contribution in [0.3, 0.4) is 0 Å². The molecule has 0 bridgehead atoms. The number of anilines is 1. The molecule has 9 nitrogen and oxygen atoms in total. The Kier molecular flexibility index (Phi) is 8.42. The topological polar surface area (TPSA) is 113 Å². The Morgan fingerprint density at radius 1 is 1.24 bits per heavy atom. The molecule has 1 amide bonds. The Morgan fingerprint density at radius 3 is 2.74 bits per heavy atom. The van der Waals surface area contributed by atoms with Gasteiger partial charge in [0, 0.05) is 19.5 Å². The van der Waals surface area contributed by atoms with Crippen molar-refractivity contribution in [3.63, 3.8) is 0 Å². The van der Waals surface area contributed by atoms with Crippen LogP contribution < -0.4 is 10.6 Å². The number of aromatic nitrogens is 6. The minimum absolute atomic E-state index is 0.0291. The molecule has 0 fully saturated rings. The van der Waals surface area contributed by atoms with E-state index in [1.54, 1.807) is 0 Å². The number of carbonyl (C=O) groups excluding carboxylic acids is 1. The molecule has 184 valence electrons. The highest BCUT2D eigenvalue weighted by molar-refractivity contribution is 6.28. The van der Waals surface area contributed by atoms with E-state index in [2.05, 4.69) is 36.0 Å². The number of benzene rings is 1. The van der Waals surface area contributed by atoms with Crippen molar-refractivity contribution in [2.24, 2.45) is 0 Å². The number of halogens is 5. The van der Waals surface area contributed by atoms with E-state index in [0.717, 1.165) is 25.0 Å². The Hall–Kier alpha value is -3.22. The minimum Gasteiger partial charge on any atom is -0.368 e. The van der Waals surface area contributed by atoms with Gasteiger partial charge in [-0.3, -0.25) is 4.79 Å². The van der Waals surface area contributed by atoms with Gasteiger partial charge < -0.3 is 15.6 Å². The van der Waals surface area contributed by atoms with Crippen LogP contribution in [0.15, 0.2) is 18.2 Å². The number of hydrogen-bond donors (Lipinski definition) is 3. The summed E-state index contributed by atoms with van der Waals surface area (Å²) < 4.78 is 52.0. The lowest BCUT2D eigenvalue weighted by Gasteiger charge is -2.08. The lowest BCUT2D eigenvalue weighted by Crippen LogP contribution is -2.26. The van der Waals surface area contributed by atoms with Gasteiger partial charge in [0.15, 0.2) is 11.6 Å².